The maximum atomic E-state index is 5.89. The van der Waals surface area contributed by atoms with Crippen LogP contribution >= 0.6 is 23.2 Å². The summed E-state index contributed by atoms with van der Waals surface area (Å²) in [5.41, 5.74) is 6.55. The molecule has 0 aliphatic carbocycles. The van der Waals surface area contributed by atoms with Gasteiger partial charge >= 0.3 is 0 Å². The van der Waals surface area contributed by atoms with Crippen LogP contribution < -0.4 is 5.73 Å². The van der Waals surface area contributed by atoms with E-state index >= 15 is 0 Å². The fourth-order valence-corrected chi connectivity index (χ4v) is 1.38. The number of rotatable bonds is 2. The highest BCUT2D eigenvalue weighted by Crippen LogP contribution is 2.19. The summed E-state index contributed by atoms with van der Waals surface area (Å²) < 4.78 is 0. The van der Waals surface area contributed by atoms with Gasteiger partial charge in [0.1, 0.15) is 5.15 Å². The average molecular weight is 205 g/mol. The van der Waals surface area contributed by atoms with Gasteiger partial charge in [0.2, 0.25) is 0 Å². The molecule has 0 saturated heterocycles. The van der Waals surface area contributed by atoms with Gasteiger partial charge < -0.3 is 5.73 Å². The van der Waals surface area contributed by atoms with Crippen LogP contribution in [0.25, 0.3) is 0 Å². The molecule has 0 fully saturated rings. The Morgan fingerprint density at radius 1 is 1.58 bits per heavy atom. The van der Waals surface area contributed by atoms with Crippen LogP contribution in [0.2, 0.25) is 10.2 Å². The quantitative estimate of drug-likeness (QED) is 0.752. The summed E-state index contributed by atoms with van der Waals surface area (Å²) in [5.74, 6) is 0. The standard InChI is InChI=1S/C8H10Cl2N2/c1-5(11)2-6-4-12-8(10)3-7(6)9/h3-5H,2,11H2,1H3/t5-/m1/s1. The molecular weight excluding hydrogens is 195 g/mol. The van der Waals surface area contributed by atoms with Crippen molar-refractivity contribution in [3.63, 3.8) is 0 Å². The van der Waals surface area contributed by atoms with Gasteiger partial charge in [0.05, 0.1) is 0 Å². The number of hydrogen-bond donors (Lipinski definition) is 1. The molecule has 66 valence electrons. The predicted octanol–water partition coefficient (Wildman–Crippen LogP) is 2.28. The van der Waals surface area contributed by atoms with Crippen LogP contribution in [0.1, 0.15) is 12.5 Å². The third-order valence-electron chi connectivity index (χ3n) is 1.44. The van der Waals surface area contributed by atoms with Gasteiger partial charge in [-0.1, -0.05) is 23.2 Å². The molecule has 4 heteroatoms. The summed E-state index contributed by atoms with van der Waals surface area (Å²) in [5, 5.41) is 1.04. The van der Waals surface area contributed by atoms with E-state index in [1.54, 1.807) is 12.3 Å². The molecule has 0 radical (unpaired) electrons. The van der Waals surface area contributed by atoms with E-state index in [2.05, 4.69) is 4.98 Å². The molecule has 0 saturated carbocycles. The monoisotopic (exact) mass is 204 g/mol. The van der Waals surface area contributed by atoms with Crippen molar-refractivity contribution in [3.05, 3.63) is 28.0 Å². The lowest BCUT2D eigenvalue weighted by Crippen LogP contribution is -2.18. The van der Waals surface area contributed by atoms with Crippen molar-refractivity contribution >= 4 is 23.2 Å². The van der Waals surface area contributed by atoms with Gasteiger partial charge in [-0.2, -0.15) is 0 Å². The zero-order valence-electron chi connectivity index (χ0n) is 6.72. The van der Waals surface area contributed by atoms with Crippen molar-refractivity contribution in [2.45, 2.75) is 19.4 Å². The average Bonchev–Trinajstić information content (AvgIpc) is 1.94. The van der Waals surface area contributed by atoms with Crippen molar-refractivity contribution in [2.24, 2.45) is 5.73 Å². The largest absolute Gasteiger partial charge is 0.328 e. The number of nitrogens with zero attached hydrogens (tertiary/aromatic N) is 1. The van der Waals surface area contributed by atoms with Crippen molar-refractivity contribution in [2.75, 3.05) is 0 Å². The zero-order valence-corrected chi connectivity index (χ0v) is 8.23. The minimum absolute atomic E-state index is 0.0884. The van der Waals surface area contributed by atoms with E-state index in [-0.39, 0.29) is 6.04 Å². The molecule has 2 nitrogen and oxygen atoms in total. The van der Waals surface area contributed by atoms with Crippen LogP contribution in [0.5, 0.6) is 0 Å². The van der Waals surface area contributed by atoms with E-state index in [0.29, 0.717) is 10.2 Å². The van der Waals surface area contributed by atoms with Gasteiger partial charge in [-0.25, -0.2) is 4.98 Å². The van der Waals surface area contributed by atoms with Crippen LogP contribution in [0, 0.1) is 0 Å². The van der Waals surface area contributed by atoms with E-state index < -0.39 is 0 Å². The van der Waals surface area contributed by atoms with Crippen LogP contribution in [0.15, 0.2) is 12.3 Å². The van der Waals surface area contributed by atoms with E-state index in [1.807, 2.05) is 6.92 Å². The first-order valence-electron chi connectivity index (χ1n) is 3.65. The topological polar surface area (TPSA) is 38.9 Å². The van der Waals surface area contributed by atoms with Crippen molar-refractivity contribution in [3.8, 4) is 0 Å². The molecule has 12 heavy (non-hydrogen) atoms. The lowest BCUT2D eigenvalue weighted by molar-refractivity contribution is 0.736. The summed E-state index contributed by atoms with van der Waals surface area (Å²) >= 11 is 11.5. The van der Waals surface area contributed by atoms with Gasteiger partial charge in [-0.3, -0.25) is 0 Å². The second-order valence-electron chi connectivity index (χ2n) is 2.78. The van der Waals surface area contributed by atoms with Gasteiger partial charge in [-0.15, -0.1) is 0 Å². The van der Waals surface area contributed by atoms with E-state index in [1.165, 1.54) is 0 Å². The number of hydrogen-bond acceptors (Lipinski definition) is 2. The Hall–Kier alpha value is -0.310. The molecule has 0 aromatic carbocycles. The highest BCUT2D eigenvalue weighted by atomic mass is 35.5. The number of pyridine rings is 1. The van der Waals surface area contributed by atoms with E-state index in [9.17, 15) is 0 Å². The minimum atomic E-state index is 0.0884. The van der Waals surface area contributed by atoms with Crippen LogP contribution in [-0.4, -0.2) is 11.0 Å². The van der Waals surface area contributed by atoms with Gasteiger partial charge in [0.25, 0.3) is 0 Å². The Bertz CT molecular complexity index is 274. The zero-order chi connectivity index (χ0) is 9.14. The Kier molecular flexibility index (Phi) is 3.32. The highest BCUT2D eigenvalue weighted by molar-refractivity contribution is 6.34. The first-order valence-corrected chi connectivity index (χ1v) is 4.40. The molecule has 1 aromatic rings. The molecule has 0 aliphatic heterocycles. The minimum Gasteiger partial charge on any atom is -0.328 e. The Morgan fingerprint density at radius 3 is 2.75 bits per heavy atom. The van der Waals surface area contributed by atoms with Crippen LogP contribution in [0.4, 0.5) is 0 Å². The Labute approximate surface area is 81.7 Å². The molecule has 0 bridgehead atoms. The first-order chi connectivity index (χ1) is 5.59. The van der Waals surface area contributed by atoms with Crippen LogP contribution in [-0.2, 0) is 6.42 Å². The first kappa shape index (κ1) is 9.78. The fourth-order valence-electron chi connectivity index (χ4n) is 0.933. The smallest absolute Gasteiger partial charge is 0.130 e. The normalized spacial score (nSPS) is 13.0. The van der Waals surface area contributed by atoms with E-state index in [0.717, 1.165) is 12.0 Å². The number of nitrogens with two attached hydrogens (primary N) is 1. The lowest BCUT2D eigenvalue weighted by atomic mass is 10.1. The SMILES string of the molecule is C[C@@H](N)Cc1cnc(Cl)cc1Cl. The van der Waals surface area contributed by atoms with Gasteiger partial charge in [0.15, 0.2) is 0 Å². The van der Waals surface area contributed by atoms with E-state index in [4.69, 9.17) is 28.9 Å². The maximum Gasteiger partial charge on any atom is 0.130 e. The lowest BCUT2D eigenvalue weighted by Gasteiger charge is -2.06. The predicted molar refractivity (Wildman–Crippen MR) is 51.6 cm³/mol. The van der Waals surface area contributed by atoms with Crippen LogP contribution in [0.3, 0.4) is 0 Å². The summed E-state index contributed by atoms with van der Waals surface area (Å²) in [6, 6.07) is 1.71. The number of halogens is 2. The molecular formula is C8H10Cl2N2. The third kappa shape index (κ3) is 2.63. The summed E-state index contributed by atoms with van der Waals surface area (Å²) in [4.78, 5) is 3.92. The maximum absolute atomic E-state index is 5.89. The van der Waals surface area contributed by atoms with Crippen molar-refractivity contribution in [1.29, 1.82) is 0 Å². The summed E-state index contributed by atoms with van der Waals surface area (Å²) in [6.07, 6.45) is 2.39. The molecule has 0 unspecified atom stereocenters. The Balaban J connectivity index is 2.86. The number of aromatic nitrogens is 1. The Morgan fingerprint density at radius 2 is 2.25 bits per heavy atom. The third-order valence-corrected chi connectivity index (χ3v) is 2.00. The molecule has 0 spiro atoms. The molecule has 1 rings (SSSR count). The van der Waals surface area contributed by atoms with Gasteiger partial charge in [-0.05, 0) is 25.0 Å². The second kappa shape index (κ2) is 4.08. The van der Waals surface area contributed by atoms with Gasteiger partial charge in [0, 0.05) is 17.3 Å². The molecule has 0 amide bonds. The molecule has 1 heterocycles. The highest BCUT2D eigenvalue weighted by Gasteiger charge is 2.04. The summed E-state index contributed by atoms with van der Waals surface area (Å²) in [7, 11) is 0. The molecule has 1 aromatic heterocycles. The molecule has 2 N–H and O–H groups in total. The molecule has 0 aliphatic rings. The van der Waals surface area contributed by atoms with Crippen molar-refractivity contribution in [1.82, 2.24) is 4.98 Å². The summed E-state index contributed by atoms with van der Waals surface area (Å²) in [6.45, 7) is 1.92. The fraction of sp³-hybridized carbons (Fsp3) is 0.375. The molecule has 1 atom stereocenters. The second-order valence-corrected chi connectivity index (χ2v) is 3.57. The van der Waals surface area contributed by atoms with Crippen molar-refractivity contribution < 1.29 is 0 Å².